The third-order valence-corrected chi connectivity index (χ3v) is 2.10. The summed E-state index contributed by atoms with van der Waals surface area (Å²) in [5, 5.41) is 0. The van der Waals surface area contributed by atoms with Crippen LogP contribution >= 0.6 is 0 Å². The molecular weight excluding hydrogens is 176 g/mol. The molecule has 4 heteroatoms. The highest BCUT2D eigenvalue weighted by Crippen LogP contribution is 2.10. The van der Waals surface area contributed by atoms with E-state index in [0.29, 0.717) is 6.54 Å². The van der Waals surface area contributed by atoms with Gasteiger partial charge >= 0.3 is 0 Å². The molecule has 14 heavy (non-hydrogen) atoms. The van der Waals surface area contributed by atoms with Crippen LogP contribution in [0.3, 0.4) is 0 Å². The molecule has 0 atom stereocenters. The maximum atomic E-state index is 5.49. The third-order valence-electron chi connectivity index (χ3n) is 2.10. The van der Waals surface area contributed by atoms with Gasteiger partial charge in [-0.15, -0.1) is 0 Å². The zero-order valence-corrected chi connectivity index (χ0v) is 9.12. The molecule has 0 saturated heterocycles. The molecule has 0 spiro atoms. The van der Waals surface area contributed by atoms with Gasteiger partial charge in [-0.3, -0.25) is 0 Å². The van der Waals surface area contributed by atoms with Crippen molar-refractivity contribution in [2.75, 3.05) is 25.0 Å². The second kappa shape index (κ2) is 4.91. The van der Waals surface area contributed by atoms with Crippen molar-refractivity contribution in [3.63, 3.8) is 0 Å². The molecular formula is C10H18N4. The van der Waals surface area contributed by atoms with E-state index in [1.54, 1.807) is 0 Å². The first kappa shape index (κ1) is 10.9. The van der Waals surface area contributed by atoms with Crippen LogP contribution in [0.25, 0.3) is 0 Å². The molecule has 0 aliphatic carbocycles. The monoisotopic (exact) mass is 194 g/mol. The second-order valence-corrected chi connectivity index (χ2v) is 3.33. The van der Waals surface area contributed by atoms with Gasteiger partial charge in [0.2, 0.25) is 0 Å². The second-order valence-electron chi connectivity index (χ2n) is 3.33. The lowest BCUT2D eigenvalue weighted by Crippen LogP contribution is -2.26. The summed E-state index contributed by atoms with van der Waals surface area (Å²) in [4.78, 5) is 10.7. The molecule has 0 amide bonds. The first-order valence-corrected chi connectivity index (χ1v) is 4.93. The Morgan fingerprint density at radius 3 is 2.71 bits per heavy atom. The van der Waals surface area contributed by atoms with E-state index in [0.717, 1.165) is 30.3 Å². The average Bonchev–Trinajstić information content (AvgIpc) is 2.17. The Bertz CT molecular complexity index is 298. The number of anilines is 1. The van der Waals surface area contributed by atoms with Gasteiger partial charge in [0.05, 0.1) is 0 Å². The van der Waals surface area contributed by atoms with Crippen LogP contribution in [-0.4, -0.2) is 30.1 Å². The predicted octanol–water partition coefficient (Wildman–Crippen LogP) is 0.742. The van der Waals surface area contributed by atoms with E-state index >= 15 is 0 Å². The van der Waals surface area contributed by atoms with E-state index in [4.69, 9.17) is 5.73 Å². The minimum atomic E-state index is 0.640. The van der Waals surface area contributed by atoms with Crippen molar-refractivity contribution in [2.45, 2.75) is 20.3 Å². The number of aryl methyl sites for hydroxylation is 2. The van der Waals surface area contributed by atoms with E-state index in [1.807, 2.05) is 24.9 Å². The molecule has 1 heterocycles. The van der Waals surface area contributed by atoms with Gasteiger partial charge in [0.15, 0.2) is 0 Å². The molecule has 1 rings (SSSR count). The van der Waals surface area contributed by atoms with Crippen LogP contribution in [0.2, 0.25) is 0 Å². The van der Waals surface area contributed by atoms with Gasteiger partial charge in [0.25, 0.3) is 0 Å². The van der Waals surface area contributed by atoms with Crippen molar-refractivity contribution in [3.05, 3.63) is 17.6 Å². The van der Waals surface area contributed by atoms with Crippen molar-refractivity contribution < 1.29 is 0 Å². The van der Waals surface area contributed by atoms with E-state index in [9.17, 15) is 0 Å². The van der Waals surface area contributed by atoms with Crippen molar-refractivity contribution in [1.29, 1.82) is 0 Å². The smallest absolute Gasteiger partial charge is 0.132 e. The minimum absolute atomic E-state index is 0.640. The Labute approximate surface area is 85.2 Å². The molecule has 0 unspecified atom stereocenters. The summed E-state index contributed by atoms with van der Waals surface area (Å²) >= 11 is 0. The summed E-state index contributed by atoms with van der Waals surface area (Å²) in [7, 11) is 1.99. The number of hydrogen-bond acceptors (Lipinski definition) is 4. The lowest BCUT2D eigenvalue weighted by Gasteiger charge is -2.17. The van der Waals surface area contributed by atoms with Crippen molar-refractivity contribution >= 4 is 5.82 Å². The standard InChI is InChI=1S/C10H18N4/c1-4-9-7-10(13-8(2)12-9)14(3)6-5-11/h7H,4-6,11H2,1-3H3. The Balaban J connectivity index is 2.90. The Hall–Kier alpha value is -1.16. The summed E-state index contributed by atoms with van der Waals surface area (Å²) in [6.45, 7) is 5.47. The minimum Gasteiger partial charge on any atom is -0.358 e. The summed E-state index contributed by atoms with van der Waals surface area (Å²) in [5.74, 6) is 1.78. The molecule has 4 nitrogen and oxygen atoms in total. The fourth-order valence-electron chi connectivity index (χ4n) is 1.30. The van der Waals surface area contributed by atoms with Crippen LogP contribution in [0.1, 0.15) is 18.4 Å². The van der Waals surface area contributed by atoms with Crippen molar-refractivity contribution in [1.82, 2.24) is 9.97 Å². The number of nitrogens with two attached hydrogens (primary N) is 1. The maximum Gasteiger partial charge on any atom is 0.132 e. The van der Waals surface area contributed by atoms with Crippen LogP contribution in [0.15, 0.2) is 6.07 Å². The van der Waals surface area contributed by atoms with Crippen LogP contribution in [0, 0.1) is 6.92 Å². The molecule has 0 fully saturated rings. The summed E-state index contributed by atoms with van der Waals surface area (Å²) in [5.41, 5.74) is 6.57. The molecule has 0 aliphatic rings. The van der Waals surface area contributed by atoms with E-state index < -0.39 is 0 Å². The van der Waals surface area contributed by atoms with Gasteiger partial charge in [0.1, 0.15) is 11.6 Å². The quantitative estimate of drug-likeness (QED) is 0.768. The fraction of sp³-hybridized carbons (Fsp3) is 0.600. The van der Waals surface area contributed by atoms with Gasteiger partial charge in [0, 0.05) is 31.9 Å². The number of rotatable bonds is 4. The third kappa shape index (κ3) is 2.67. The molecule has 0 radical (unpaired) electrons. The maximum absolute atomic E-state index is 5.49. The average molecular weight is 194 g/mol. The number of nitrogens with zero attached hydrogens (tertiary/aromatic N) is 3. The number of likely N-dealkylation sites (N-methyl/N-ethyl adjacent to an activating group) is 1. The zero-order valence-electron chi connectivity index (χ0n) is 9.12. The highest BCUT2D eigenvalue weighted by molar-refractivity contribution is 5.38. The van der Waals surface area contributed by atoms with E-state index in [2.05, 4.69) is 16.9 Å². The Morgan fingerprint density at radius 2 is 2.14 bits per heavy atom. The molecule has 1 aromatic rings. The SMILES string of the molecule is CCc1cc(N(C)CCN)nc(C)n1. The molecule has 0 aromatic carbocycles. The van der Waals surface area contributed by atoms with Gasteiger partial charge in [-0.1, -0.05) is 6.92 Å². The highest BCUT2D eigenvalue weighted by atomic mass is 15.2. The predicted molar refractivity (Wildman–Crippen MR) is 58.5 cm³/mol. The topological polar surface area (TPSA) is 55.0 Å². The first-order chi connectivity index (χ1) is 6.67. The Morgan fingerprint density at radius 1 is 1.43 bits per heavy atom. The van der Waals surface area contributed by atoms with Crippen molar-refractivity contribution in [3.8, 4) is 0 Å². The Kier molecular flexibility index (Phi) is 3.83. The summed E-state index contributed by atoms with van der Waals surface area (Å²) in [6, 6.07) is 2.02. The van der Waals surface area contributed by atoms with Crippen LogP contribution in [0.4, 0.5) is 5.82 Å². The molecule has 1 aromatic heterocycles. The van der Waals surface area contributed by atoms with Gasteiger partial charge in [-0.2, -0.15) is 0 Å². The molecule has 0 bridgehead atoms. The lowest BCUT2D eigenvalue weighted by atomic mass is 10.3. The lowest BCUT2D eigenvalue weighted by molar-refractivity contribution is 0.845. The fourth-order valence-corrected chi connectivity index (χ4v) is 1.30. The van der Waals surface area contributed by atoms with E-state index in [-0.39, 0.29) is 0 Å². The first-order valence-electron chi connectivity index (χ1n) is 4.93. The van der Waals surface area contributed by atoms with E-state index in [1.165, 1.54) is 0 Å². The largest absolute Gasteiger partial charge is 0.358 e. The van der Waals surface area contributed by atoms with Crippen molar-refractivity contribution in [2.24, 2.45) is 5.73 Å². The summed E-state index contributed by atoms with van der Waals surface area (Å²) < 4.78 is 0. The number of aromatic nitrogens is 2. The number of hydrogen-bond donors (Lipinski definition) is 1. The molecule has 0 aliphatic heterocycles. The van der Waals surface area contributed by atoms with Crippen LogP contribution in [-0.2, 0) is 6.42 Å². The highest BCUT2D eigenvalue weighted by Gasteiger charge is 2.04. The molecule has 0 saturated carbocycles. The van der Waals surface area contributed by atoms with Crippen LogP contribution in [0.5, 0.6) is 0 Å². The van der Waals surface area contributed by atoms with Gasteiger partial charge < -0.3 is 10.6 Å². The molecule has 78 valence electrons. The van der Waals surface area contributed by atoms with Crippen LogP contribution < -0.4 is 10.6 Å². The molecule has 2 N–H and O–H groups in total. The normalized spacial score (nSPS) is 10.3. The zero-order chi connectivity index (χ0) is 10.6. The van der Waals surface area contributed by atoms with Gasteiger partial charge in [-0.25, -0.2) is 9.97 Å². The summed E-state index contributed by atoms with van der Waals surface area (Å²) in [6.07, 6.45) is 0.937. The van der Waals surface area contributed by atoms with Gasteiger partial charge in [-0.05, 0) is 13.3 Å².